The predicted octanol–water partition coefficient (Wildman–Crippen LogP) is 3.35. The van der Waals surface area contributed by atoms with Crippen LogP contribution in [0, 0.1) is 0 Å². The van der Waals surface area contributed by atoms with Crippen LogP contribution in [0.2, 0.25) is 0 Å². The van der Waals surface area contributed by atoms with E-state index in [1.807, 2.05) is 32.2 Å². The number of rotatable bonds is 5. The summed E-state index contributed by atoms with van der Waals surface area (Å²) in [5.41, 5.74) is 0.701. The van der Waals surface area contributed by atoms with Crippen LogP contribution in [0.4, 0.5) is 0 Å². The summed E-state index contributed by atoms with van der Waals surface area (Å²) in [6.45, 7) is 4.06. The largest absolute Gasteiger partial charge is 0.478 e. The van der Waals surface area contributed by atoms with Gasteiger partial charge in [-0.05, 0) is 26.0 Å². The fourth-order valence-corrected chi connectivity index (χ4v) is 1.65. The van der Waals surface area contributed by atoms with E-state index in [0.717, 1.165) is 6.08 Å². The van der Waals surface area contributed by atoms with Gasteiger partial charge in [-0.15, -0.1) is 0 Å². The summed E-state index contributed by atoms with van der Waals surface area (Å²) < 4.78 is 7.54. The molecule has 2 aromatic rings. The Morgan fingerprint density at radius 1 is 1.40 bits per heavy atom. The molecule has 0 aliphatic rings. The van der Waals surface area contributed by atoms with Crippen LogP contribution in [0.15, 0.2) is 42.7 Å². The van der Waals surface area contributed by atoms with Gasteiger partial charge in [-0.1, -0.05) is 18.2 Å². The van der Waals surface area contributed by atoms with Crippen molar-refractivity contribution in [3.05, 3.63) is 48.3 Å². The first-order valence-electron chi connectivity index (χ1n) is 6.28. The highest BCUT2D eigenvalue weighted by atomic mass is 16.5. The van der Waals surface area contributed by atoms with Crippen molar-refractivity contribution in [2.75, 3.05) is 0 Å². The van der Waals surface area contributed by atoms with Gasteiger partial charge in [0.1, 0.15) is 5.75 Å². The fourth-order valence-electron chi connectivity index (χ4n) is 1.65. The van der Waals surface area contributed by atoms with Gasteiger partial charge in [0, 0.05) is 17.7 Å². The molecule has 0 saturated heterocycles. The highest BCUT2D eigenvalue weighted by Gasteiger charge is 2.06. The van der Waals surface area contributed by atoms with E-state index >= 15 is 0 Å². The Labute approximate surface area is 117 Å². The number of hydrogen-bond acceptors (Lipinski definition) is 3. The van der Waals surface area contributed by atoms with Crippen molar-refractivity contribution in [2.45, 2.75) is 19.9 Å². The van der Waals surface area contributed by atoms with Gasteiger partial charge in [-0.2, -0.15) is 5.10 Å². The zero-order valence-corrected chi connectivity index (χ0v) is 11.4. The third-order valence-electron chi connectivity index (χ3n) is 2.66. The standard InChI is InChI=1S/C15H16N2O3/c1-11(2)17-10-13(9-16-17)20-14-6-4-3-5-12(14)7-8-15(18)19/h3-11H,1-2H3,(H,18,19)/b8-7+. The van der Waals surface area contributed by atoms with Crippen molar-refractivity contribution in [3.63, 3.8) is 0 Å². The average Bonchev–Trinajstić information content (AvgIpc) is 2.86. The van der Waals surface area contributed by atoms with E-state index in [1.54, 1.807) is 23.0 Å². The van der Waals surface area contributed by atoms with Gasteiger partial charge in [0.15, 0.2) is 5.75 Å². The predicted molar refractivity (Wildman–Crippen MR) is 75.8 cm³/mol. The van der Waals surface area contributed by atoms with Crippen molar-refractivity contribution in [3.8, 4) is 11.5 Å². The topological polar surface area (TPSA) is 64.3 Å². The highest BCUT2D eigenvalue weighted by Crippen LogP contribution is 2.26. The van der Waals surface area contributed by atoms with Crippen molar-refractivity contribution in [1.29, 1.82) is 0 Å². The third kappa shape index (κ3) is 3.47. The molecule has 0 aliphatic carbocycles. The fraction of sp³-hybridized carbons (Fsp3) is 0.200. The first kappa shape index (κ1) is 13.9. The number of para-hydroxylation sites is 1. The number of ether oxygens (including phenoxy) is 1. The minimum absolute atomic E-state index is 0.259. The molecular formula is C15H16N2O3. The molecule has 20 heavy (non-hydrogen) atoms. The SMILES string of the molecule is CC(C)n1cc(Oc2ccccc2/C=C/C(=O)O)cn1. The molecule has 0 saturated carbocycles. The normalized spacial score (nSPS) is 11.2. The maximum Gasteiger partial charge on any atom is 0.328 e. The molecule has 0 radical (unpaired) electrons. The molecule has 1 aromatic carbocycles. The van der Waals surface area contributed by atoms with E-state index in [9.17, 15) is 4.79 Å². The second kappa shape index (κ2) is 6.06. The highest BCUT2D eigenvalue weighted by molar-refractivity contribution is 5.85. The lowest BCUT2D eigenvalue weighted by atomic mass is 10.2. The summed E-state index contributed by atoms with van der Waals surface area (Å²) in [7, 11) is 0. The first-order chi connectivity index (χ1) is 9.56. The lowest BCUT2D eigenvalue weighted by Gasteiger charge is -2.06. The molecule has 2 rings (SSSR count). The number of benzene rings is 1. The number of carboxylic acid groups (broad SMARTS) is 1. The number of nitrogens with zero attached hydrogens (tertiary/aromatic N) is 2. The van der Waals surface area contributed by atoms with Crippen molar-refractivity contribution >= 4 is 12.0 Å². The van der Waals surface area contributed by atoms with Crippen molar-refractivity contribution < 1.29 is 14.6 Å². The quantitative estimate of drug-likeness (QED) is 0.848. The molecule has 0 fully saturated rings. The second-order valence-corrected chi connectivity index (χ2v) is 4.56. The maximum atomic E-state index is 10.6. The lowest BCUT2D eigenvalue weighted by Crippen LogP contribution is -1.99. The summed E-state index contributed by atoms with van der Waals surface area (Å²) >= 11 is 0. The van der Waals surface area contributed by atoms with Gasteiger partial charge in [0.05, 0.1) is 12.4 Å². The van der Waals surface area contributed by atoms with Crippen LogP contribution in [0.3, 0.4) is 0 Å². The number of hydrogen-bond donors (Lipinski definition) is 1. The first-order valence-corrected chi connectivity index (χ1v) is 6.28. The van der Waals surface area contributed by atoms with E-state index < -0.39 is 5.97 Å². The third-order valence-corrected chi connectivity index (χ3v) is 2.66. The Kier molecular flexibility index (Phi) is 4.20. The molecule has 5 heteroatoms. The molecule has 0 bridgehead atoms. The summed E-state index contributed by atoms with van der Waals surface area (Å²) in [5, 5.41) is 12.9. The Morgan fingerprint density at radius 3 is 2.80 bits per heavy atom. The van der Waals surface area contributed by atoms with Crippen LogP contribution in [0.1, 0.15) is 25.5 Å². The molecule has 1 N–H and O–H groups in total. The number of aromatic nitrogens is 2. The molecule has 1 aromatic heterocycles. The van der Waals surface area contributed by atoms with E-state index in [-0.39, 0.29) is 6.04 Å². The smallest absolute Gasteiger partial charge is 0.328 e. The van der Waals surface area contributed by atoms with Gasteiger partial charge in [0.25, 0.3) is 0 Å². The summed E-state index contributed by atoms with van der Waals surface area (Å²) in [5.74, 6) is 0.218. The number of carbonyl (C=O) groups is 1. The summed E-state index contributed by atoms with van der Waals surface area (Å²) in [6, 6.07) is 7.50. The Balaban J connectivity index is 2.22. The monoisotopic (exact) mass is 272 g/mol. The van der Waals surface area contributed by atoms with Crippen molar-refractivity contribution in [2.24, 2.45) is 0 Å². The average molecular weight is 272 g/mol. The van der Waals surface area contributed by atoms with Crippen molar-refractivity contribution in [1.82, 2.24) is 9.78 Å². The zero-order chi connectivity index (χ0) is 14.5. The lowest BCUT2D eigenvalue weighted by molar-refractivity contribution is -0.131. The number of carboxylic acids is 1. The van der Waals surface area contributed by atoms with Crippen LogP contribution < -0.4 is 4.74 Å². The molecule has 5 nitrogen and oxygen atoms in total. The summed E-state index contributed by atoms with van der Waals surface area (Å²) in [4.78, 5) is 10.6. The molecular weight excluding hydrogens is 256 g/mol. The second-order valence-electron chi connectivity index (χ2n) is 4.56. The maximum absolute atomic E-state index is 10.6. The molecule has 0 aliphatic heterocycles. The zero-order valence-electron chi connectivity index (χ0n) is 11.4. The van der Waals surface area contributed by atoms with Crippen LogP contribution in [-0.2, 0) is 4.79 Å². The van der Waals surface area contributed by atoms with E-state index in [1.165, 1.54) is 6.08 Å². The molecule has 0 spiro atoms. The Bertz CT molecular complexity index is 630. The minimum Gasteiger partial charge on any atom is -0.478 e. The Morgan fingerprint density at radius 2 is 2.15 bits per heavy atom. The molecule has 0 atom stereocenters. The van der Waals surface area contributed by atoms with E-state index in [0.29, 0.717) is 17.1 Å². The van der Waals surface area contributed by atoms with Crippen LogP contribution in [-0.4, -0.2) is 20.9 Å². The van der Waals surface area contributed by atoms with Crippen LogP contribution in [0.25, 0.3) is 6.08 Å². The van der Waals surface area contributed by atoms with Gasteiger partial charge >= 0.3 is 5.97 Å². The molecule has 104 valence electrons. The van der Waals surface area contributed by atoms with Gasteiger partial charge in [-0.25, -0.2) is 4.79 Å². The van der Waals surface area contributed by atoms with E-state index in [4.69, 9.17) is 9.84 Å². The van der Waals surface area contributed by atoms with Gasteiger partial charge in [-0.3, -0.25) is 4.68 Å². The van der Waals surface area contributed by atoms with Gasteiger partial charge in [0.2, 0.25) is 0 Å². The molecule has 1 heterocycles. The van der Waals surface area contributed by atoms with Crippen LogP contribution >= 0.6 is 0 Å². The summed E-state index contributed by atoms with van der Waals surface area (Å²) in [6.07, 6.45) is 6.03. The van der Waals surface area contributed by atoms with Crippen LogP contribution in [0.5, 0.6) is 11.5 Å². The minimum atomic E-state index is -0.993. The van der Waals surface area contributed by atoms with E-state index in [2.05, 4.69) is 5.10 Å². The molecule has 0 unspecified atom stereocenters. The number of aliphatic carboxylic acids is 1. The Hall–Kier alpha value is -2.56. The van der Waals surface area contributed by atoms with Gasteiger partial charge < -0.3 is 9.84 Å². The molecule has 0 amide bonds.